The van der Waals surface area contributed by atoms with Gasteiger partial charge in [-0.2, -0.15) is 0 Å². The van der Waals surface area contributed by atoms with Crippen molar-refractivity contribution in [3.63, 3.8) is 0 Å². The maximum Gasteiger partial charge on any atom is 0.306 e. The third-order valence-electron chi connectivity index (χ3n) is 9.62. The minimum atomic E-state index is -0.821. The summed E-state index contributed by atoms with van der Waals surface area (Å²) in [6.45, 7) is 6.26. The Morgan fingerprint density at radius 3 is 1.28 bits per heavy atom. The molecule has 0 fully saturated rings. The third-order valence-corrected chi connectivity index (χ3v) is 9.62. The first-order valence-corrected chi connectivity index (χ1v) is 24.0. The summed E-state index contributed by atoms with van der Waals surface area (Å²) in [5.41, 5.74) is 0. The number of ether oxygens (including phenoxy) is 3. The second-order valence-electron chi connectivity index (χ2n) is 15.4. The van der Waals surface area contributed by atoms with Crippen molar-refractivity contribution in [3.8, 4) is 0 Å². The van der Waals surface area contributed by atoms with Crippen molar-refractivity contribution in [1.29, 1.82) is 0 Å². The van der Waals surface area contributed by atoms with Gasteiger partial charge >= 0.3 is 17.9 Å². The zero-order valence-electron chi connectivity index (χ0n) is 38.4. The Hall–Kier alpha value is -3.93. The van der Waals surface area contributed by atoms with Gasteiger partial charge in [-0.15, -0.1) is 0 Å². The lowest BCUT2D eigenvalue weighted by Crippen LogP contribution is -2.30. The van der Waals surface area contributed by atoms with Gasteiger partial charge in [-0.3, -0.25) is 14.4 Å². The van der Waals surface area contributed by atoms with Gasteiger partial charge in [0, 0.05) is 19.3 Å². The molecule has 0 aliphatic carbocycles. The summed E-state index contributed by atoms with van der Waals surface area (Å²) in [6.07, 6.45) is 63.6. The highest BCUT2D eigenvalue weighted by molar-refractivity contribution is 5.71. The van der Waals surface area contributed by atoms with Crippen LogP contribution in [0.5, 0.6) is 0 Å². The summed E-state index contributed by atoms with van der Waals surface area (Å²) >= 11 is 0. The number of unbranched alkanes of at least 4 members (excludes halogenated alkanes) is 16. The van der Waals surface area contributed by atoms with Gasteiger partial charge in [0.25, 0.3) is 0 Å². The van der Waals surface area contributed by atoms with Crippen LogP contribution >= 0.6 is 0 Å². The number of allylic oxidation sites excluding steroid dienone is 18. The topological polar surface area (TPSA) is 78.9 Å². The number of hydrogen-bond acceptors (Lipinski definition) is 6. The first-order chi connectivity index (χ1) is 29.5. The Morgan fingerprint density at radius 2 is 0.750 bits per heavy atom. The predicted octanol–water partition coefficient (Wildman–Crippen LogP) is 15.6. The van der Waals surface area contributed by atoms with Crippen LogP contribution in [0.3, 0.4) is 0 Å². The highest BCUT2D eigenvalue weighted by Gasteiger charge is 2.19. The Kier molecular flexibility index (Phi) is 44.6. The Morgan fingerprint density at radius 1 is 0.367 bits per heavy atom. The molecule has 1 unspecified atom stereocenters. The lowest BCUT2D eigenvalue weighted by Gasteiger charge is -2.18. The molecule has 0 aliphatic rings. The van der Waals surface area contributed by atoms with Crippen LogP contribution in [0, 0.1) is 0 Å². The van der Waals surface area contributed by atoms with E-state index in [2.05, 4.69) is 75.5 Å². The van der Waals surface area contributed by atoms with Gasteiger partial charge in [-0.05, 0) is 89.9 Å². The van der Waals surface area contributed by atoms with Crippen LogP contribution in [0.15, 0.2) is 109 Å². The van der Waals surface area contributed by atoms with Gasteiger partial charge in [0.15, 0.2) is 6.10 Å². The molecule has 60 heavy (non-hydrogen) atoms. The molecule has 0 rings (SSSR count). The van der Waals surface area contributed by atoms with Crippen molar-refractivity contribution in [2.24, 2.45) is 0 Å². The molecule has 0 saturated heterocycles. The fourth-order valence-corrected chi connectivity index (χ4v) is 6.07. The SMILES string of the molecule is CC/C=C/C=C/C=C/C=C/C=C/CCCC(=O)OCC(COC(=O)CCCCCCCCC/C=C/CCCCCC)OC(=O)CCCCCC/C=C/C/C=C/C/C=C/CC. The zero-order chi connectivity index (χ0) is 43.7. The average molecular weight is 831 g/mol. The van der Waals surface area contributed by atoms with Crippen molar-refractivity contribution < 1.29 is 28.6 Å². The van der Waals surface area contributed by atoms with Crippen LogP contribution in [0.2, 0.25) is 0 Å². The zero-order valence-corrected chi connectivity index (χ0v) is 38.4. The quantitative estimate of drug-likeness (QED) is 0.0201. The monoisotopic (exact) mass is 831 g/mol. The molecule has 0 heterocycles. The third kappa shape index (κ3) is 45.2. The van der Waals surface area contributed by atoms with E-state index in [9.17, 15) is 14.4 Å². The number of carbonyl (C=O) groups is 3. The number of hydrogen-bond donors (Lipinski definition) is 0. The molecule has 0 aromatic heterocycles. The molecular formula is C54H86O6. The first-order valence-electron chi connectivity index (χ1n) is 24.0. The van der Waals surface area contributed by atoms with E-state index in [1.807, 2.05) is 54.7 Å². The van der Waals surface area contributed by atoms with Gasteiger partial charge in [0.2, 0.25) is 0 Å². The lowest BCUT2D eigenvalue weighted by molar-refractivity contribution is -0.167. The molecule has 0 amide bonds. The molecule has 6 nitrogen and oxygen atoms in total. The highest BCUT2D eigenvalue weighted by atomic mass is 16.6. The maximum atomic E-state index is 12.7. The van der Waals surface area contributed by atoms with Gasteiger partial charge in [-0.25, -0.2) is 0 Å². The molecule has 0 aliphatic heterocycles. The smallest absolute Gasteiger partial charge is 0.306 e. The van der Waals surface area contributed by atoms with Crippen LogP contribution in [0.4, 0.5) is 0 Å². The van der Waals surface area contributed by atoms with E-state index in [4.69, 9.17) is 14.2 Å². The van der Waals surface area contributed by atoms with E-state index in [0.717, 1.165) is 83.5 Å². The maximum absolute atomic E-state index is 12.7. The molecule has 0 N–H and O–H groups in total. The summed E-state index contributed by atoms with van der Waals surface area (Å²) in [7, 11) is 0. The number of esters is 3. The summed E-state index contributed by atoms with van der Waals surface area (Å²) in [5.74, 6) is -1.03. The number of carbonyl (C=O) groups excluding carboxylic acids is 3. The molecule has 0 bridgehead atoms. The molecule has 0 aromatic carbocycles. The van der Waals surface area contributed by atoms with E-state index < -0.39 is 6.10 Å². The van der Waals surface area contributed by atoms with E-state index in [-0.39, 0.29) is 44.0 Å². The van der Waals surface area contributed by atoms with Gasteiger partial charge in [-0.1, -0.05) is 194 Å². The lowest BCUT2D eigenvalue weighted by atomic mass is 10.1. The van der Waals surface area contributed by atoms with Crippen molar-refractivity contribution in [2.75, 3.05) is 13.2 Å². The normalized spacial score (nSPS) is 13.1. The fourth-order valence-electron chi connectivity index (χ4n) is 6.07. The predicted molar refractivity (Wildman–Crippen MR) is 256 cm³/mol. The van der Waals surface area contributed by atoms with Crippen molar-refractivity contribution in [2.45, 2.75) is 200 Å². The summed E-state index contributed by atoms with van der Waals surface area (Å²) < 4.78 is 16.7. The van der Waals surface area contributed by atoms with Crippen molar-refractivity contribution in [3.05, 3.63) is 109 Å². The second-order valence-corrected chi connectivity index (χ2v) is 15.4. The molecule has 1 atom stereocenters. The van der Waals surface area contributed by atoms with Gasteiger partial charge in [0.05, 0.1) is 0 Å². The fraction of sp³-hybridized carbons (Fsp3) is 0.611. The van der Waals surface area contributed by atoms with Crippen molar-refractivity contribution in [1.82, 2.24) is 0 Å². The summed E-state index contributed by atoms with van der Waals surface area (Å²) in [4.78, 5) is 37.8. The van der Waals surface area contributed by atoms with Crippen LogP contribution < -0.4 is 0 Å². The van der Waals surface area contributed by atoms with Gasteiger partial charge in [0.1, 0.15) is 13.2 Å². The standard InChI is InChI=1S/C54H86O6/c1-4-7-10-13-16-19-22-25-27-30-32-35-38-41-44-47-53(56)59-50-51(49-58-52(55)46-43-40-37-34-31-28-24-21-18-15-12-9-6-3)60-54(57)48-45-42-39-36-33-29-26-23-20-17-14-11-8-5-2/h8-9,11-12,15,17-22,24,26,28-29,31,34,37,51H,4-7,10,13-14,16,23,25,27,30,32-33,35-36,38-50H2,1-3H3/b11-8+,12-9+,18-15+,20-17+,22-19+,24-21+,29-26+,31-28+,37-34+. The van der Waals surface area contributed by atoms with E-state index in [1.54, 1.807) is 0 Å². The first kappa shape index (κ1) is 56.1. The number of rotatable bonds is 41. The van der Waals surface area contributed by atoms with Crippen LogP contribution in [0.1, 0.15) is 194 Å². The minimum Gasteiger partial charge on any atom is -0.462 e. The Labute approximate surface area is 368 Å². The Bertz CT molecular complexity index is 1280. The summed E-state index contributed by atoms with van der Waals surface area (Å²) in [5, 5.41) is 0. The van der Waals surface area contributed by atoms with Crippen molar-refractivity contribution >= 4 is 17.9 Å². The molecular weight excluding hydrogens is 745 g/mol. The largest absolute Gasteiger partial charge is 0.462 e. The molecule has 338 valence electrons. The van der Waals surface area contributed by atoms with Crippen LogP contribution in [-0.2, 0) is 28.6 Å². The Balaban J connectivity index is 4.54. The molecule has 6 heteroatoms. The van der Waals surface area contributed by atoms with Crippen LogP contribution in [-0.4, -0.2) is 37.2 Å². The van der Waals surface area contributed by atoms with Crippen LogP contribution in [0.25, 0.3) is 0 Å². The second kappa shape index (κ2) is 47.7. The molecule has 0 spiro atoms. The minimum absolute atomic E-state index is 0.114. The van der Waals surface area contributed by atoms with Gasteiger partial charge < -0.3 is 14.2 Å². The molecule has 0 aromatic rings. The van der Waals surface area contributed by atoms with E-state index in [0.29, 0.717) is 12.8 Å². The highest BCUT2D eigenvalue weighted by Crippen LogP contribution is 2.13. The van der Waals surface area contributed by atoms with E-state index >= 15 is 0 Å². The summed E-state index contributed by atoms with van der Waals surface area (Å²) in [6, 6.07) is 0. The molecule has 0 saturated carbocycles. The van der Waals surface area contributed by atoms with E-state index in [1.165, 1.54) is 64.2 Å². The molecule has 0 radical (unpaired) electrons. The average Bonchev–Trinajstić information content (AvgIpc) is 3.24.